The number of phenols is 2. The standard InChI is InChI=1S/C9H7NO3S/c11-6-2-1-5(3-7(6)12)9-10-8(13)4-14-9/h1-4,11-13H. The van der Waals surface area contributed by atoms with Gasteiger partial charge >= 0.3 is 0 Å². The number of nitrogens with zero attached hydrogens (tertiary/aromatic N) is 1. The Morgan fingerprint density at radius 3 is 2.43 bits per heavy atom. The number of aromatic hydroxyl groups is 3. The highest BCUT2D eigenvalue weighted by molar-refractivity contribution is 7.13. The van der Waals surface area contributed by atoms with E-state index < -0.39 is 0 Å². The van der Waals surface area contributed by atoms with Crippen molar-refractivity contribution in [1.82, 2.24) is 4.98 Å². The molecule has 1 aromatic carbocycles. The second kappa shape index (κ2) is 3.19. The maximum Gasteiger partial charge on any atom is 0.222 e. The lowest BCUT2D eigenvalue weighted by molar-refractivity contribution is 0.404. The number of aromatic nitrogens is 1. The fourth-order valence-corrected chi connectivity index (χ4v) is 1.73. The van der Waals surface area contributed by atoms with Gasteiger partial charge in [-0.05, 0) is 18.2 Å². The predicted molar refractivity (Wildman–Crippen MR) is 52.5 cm³/mol. The van der Waals surface area contributed by atoms with Crippen LogP contribution < -0.4 is 0 Å². The van der Waals surface area contributed by atoms with Crippen LogP contribution in [0.15, 0.2) is 23.6 Å². The van der Waals surface area contributed by atoms with Gasteiger partial charge in [-0.3, -0.25) is 0 Å². The quantitative estimate of drug-likeness (QED) is 0.627. The summed E-state index contributed by atoms with van der Waals surface area (Å²) in [5.41, 5.74) is 0.658. The molecule has 0 atom stereocenters. The fourth-order valence-electron chi connectivity index (χ4n) is 1.05. The number of phenolic OH excluding ortho intramolecular Hbond substituents is 2. The van der Waals surface area contributed by atoms with Crippen molar-refractivity contribution in [2.75, 3.05) is 0 Å². The summed E-state index contributed by atoms with van der Waals surface area (Å²) < 4.78 is 0. The molecule has 0 unspecified atom stereocenters. The zero-order valence-electron chi connectivity index (χ0n) is 7.01. The van der Waals surface area contributed by atoms with E-state index in [1.807, 2.05) is 0 Å². The van der Waals surface area contributed by atoms with E-state index in [4.69, 9.17) is 10.2 Å². The minimum Gasteiger partial charge on any atom is -0.504 e. The first-order valence-electron chi connectivity index (χ1n) is 3.83. The summed E-state index contributed by atoms with van der Waals surface area (Å²) in [5, 5.41) is 29.4. The van der Waals surface area contributed by atoms with Gasteiger partial charge in [-0.25, -0.2) is 4.98 Å². The number of thiazole rings is 1. The van der Waals surface area contributed by atoms with Crippen LogP contribution in [0.1, 0.15) is 0 Å². The topological polar surface area (TPSA) is 73.6 Å². The van der Waals surface area contributed by atoms with Gasteiger partial charge in [0.25, 0.3) is 0 Å². The van der Waals surface area contributed by atoms with E-state index in [-0.39, 0.29) is 17.4 Å². The normalized spacial score (nSPS) is 10.3. The Labute approximate surface area is 83.7 Å². The Morgan fingerprint density at radius 2 is 1.86 bits per heavy atom. The highest BCUT2D eigenvalue weighted by atomic mass is 32.1. The molecular weight excluding hydrogens is 202 g/mol. The van der Waals surface area contributed by atoms with E-state index in [9.17, 15) is 5.11 Å². The van der Waals surface area contributed by atoms with Crippen LogP contribution >= 0.6 is 11.3 Å². The Balaban J connectivity index is 2.47. The molecule has 0 spiro atoms. The van der Waals surface area contributed by atoms with Gasteiger partial charge in [0.05, 0.1) is 5.38 Å². The molecule has 0 amide bonds. The third-order valence-corrected chi connectivity index (χ3v) is 2.59. The van der Waals surface area contributed by atoms with Gasteiger partial charge in [0.1, 0.15) is 5.01 Å². The number of hydrogen-bond donors (Lipinski definition) is 3. The molecule has 0 aliphatic heterocycles. The first-order chi connectivity index (χ1) is 6.66. The monoisotopic (exact) mass is 209 g/mol. The van der Waals surface area contributed by atoms with E-state index in [2.05, 4.69) is 4.98 Å². The lowest BCUT2D eigenvalue weighted by atomic mass is 10.2. The SMILES string of the molecule is Oc1csc(-c2ccc(O)c(O)c2)n1. The third kappa shape index (κ3) is 1.49. The third-order valence-electron chi connectivity index (χ3n) is 1.71. The molecule has 0 saturated carbocycles. The van der Waals surface area contributed by atoms with Crippen molar-refractivity contribution in [2.24, 2.45) is 0 Å². The van der Waals surface area contributed by atoms with Crippen molar-refractivity contribution < 1.29 is 15.3 Å². The van der Waals surface area contributed by atoms with Gasteiger partial charge in [-0.2, -0.15) is 0 Å². The lowest BCUT2D eigenvalue weighted by Gasteiger charge is -1.99. The maximum absolute atomic E-state index is 9.23. The molecule has 0 aliphatic carbocycles. The second-order valence-corrected chi connectivity index (χ2v) is 3.57. The molecule has 1 aromatic heterocycles. The smallest absolute Gasteiger partial charge is 0.222 e. The summed E-state index contributed by atoms with van der Waals surface area (Å²) in [6.07, 6.45) is 0. The molecule has 0 saturated heterocycles. The van der Waals surface area contributed by atoms with Crippen LogP contribution in [0.5, 0.6) is 17.4 Å². The summed E-state index contributed by atoms with van der Waals surface area (Å²) in [7, 11) is 0. The Hall–Kier alpha value is -1.75. The summed E-state index contributed by atoms with van der Waals surface area (Å²) in [6, 6.07) is 4.39. The van der Waals surface area contributed by atoms with Crippen LogP contribution in [0.4, 0.5) is 0 Å². The van der Waals surface area contributed by atoms with Crippen molar-refractivity contribution in [2.45, 2.75) is 0 Å². The molecular formula is C9H7NO3S. The average Bonchev–Trinajstić information content (AvgIpc) is 2.57. The van der Waals surface area contributed by atoms with Crippen LogP contribution in [-0.2, 0) is 0 Å². The zero-order valence-corrected chi connectivity index (χ0v) is 7.82. The van der Waals surface area contributed by atoms with Crippen LogP contribution in [0, 0.1) is 0 Å². The molecule has 4 nitrogen and oxygen atoms in total. The van der Waals surface area contributed by atoms with Crippen LogP contribution in [0.25, 0.3) is 10.6 Å². The van der Waals surface area contributed by atoms with Crippen molar-refractivity contribution in [3.63, 3.8) is 0 Å². The summed E-state index contributed by atoms with van der Waals surface area (Å²) in [6.45, 7) is 0. The average molecular weight is 209 g/mol. The number of benzene rings is 1. The molecule has 0 fully saturated rings. The molecule has 14 heavy (non-hydrogen) atoms. The second-order valence-electron chi connectivity index (χ2n) is 2.71. The minimum absolute atomic E-state index is 0.0439. The molecule has 3 N–H and O–H groups in total. The van der Waals surface area contributed by atoms with Gasteiger partial charge < -0.3 is 15.3 Å². The molecule has 0 bridgehead atoms. The molecule has 1 heterocycles. The molecule has 0 aliphatic rings. The maximum atomic E-state index is 9.23. The summed E-state index contributed by atoms with van der Waals surface area (Å²) in [5.74, 6) is -0.413. The predicted octanol–water partition coefficient (Wildman–Crippen LogP) is 1.93. The Bertz CT molecular complexity index is 467. The molecule has 2 rings (SSSR count). The molecule has 5 heteroatoms. The van der Waals surface area contributed by atoms with Gasteiger partial charge in [0.2, 0.25) is 5.88 Å². The zero-order chi connectivity index (χ0) is 10.1. The highest BCUT2D eigenvalue weighted by Crippen LogP contribution is 2.32. The number of rotatable bonds is 1. The van der Waals surface area contributed by atoms with Crippen molar-refractivity contribution in [3.8, 4) is 28.0 Å². The molecule has 2 aromatic rings. The van der Waals surface area contributed by atoms with Gasteiger partial charge in [-0.1, -0.05) is 0 Å². The fraction of sp³-hybridized carbons (Fsp3) is 0. The summed E-state index contributed by atoms with van der Waals surface area (Å²) in [4.78, 5) is 3.83. The Morgan fingerprint density at radius 1 is 1.07 bits per heavy atom. The largest absolute Gasteiger partial charge is 0.504 e. The van der Waals surface area contributed by atoms with Gasteiger partial charge in [0.15, 0.2) is 11.5 Å². The van der Waals surface area contributed by atoms with E-state index in [1.165, 1.54) is 28.8 Å². The van der Waals surface area contributed by atoms with Crippen LogP contribution in [0.3, 0.4) is 0 Å². The van der Waals surface area contributed by atoms with E-state index in [0.717, 1.165) is 0 Å². The Kier molecular flexibility index (Phi) is 2.01. The first kappa shape index (κ1) is 8.83. The number of hydrogen-bond acceptors (Lipinski definition) is 5. The minimum atomic E-state index is -0.197. The summed E-state index contributed by atoms with van der Waals surface area (Å²) >= 11 is 1.26. The van der Waals surface area contributed by atoms with Crippen LogP contribution in [-0.4, -0.2) is 20.3 Å². The van der Waals surface area contributed by atoms with Crippen molar-refractivity contribution in [1.29, 1.82) is 0 Å². The van der Waals surface area contributed by atoms with E-state index >= 15 is 0 Å². The molecule has 72 valence electrons. The van der Waals surface area contributed by atoms with Gasteiger partial charge in [0, 0.05) is 5.56 Å². The molecule has 0 radical (unpaired) electrons. The van der Waals surface area contributed by atoms with Crippen LogP contribution in [0.2, 0.25) is 0 Å². The lowest BCUT2D eigenvalue weighted by Crippen LogP contribution is -1.76. The highest BCUT2D eigenvalue weighted by Gasteiger charge is 2.06. The van der Waals surface area contributed by atoms with Crippen molar-refractivity contribution >= 4 is 11.3 Å². The van der Waals surface area contributed by atoms with Gasteiger partial charge in [-0.15, -0.1) is 11.3 Å². The van der Waals surface area contributed by atoms with Crippen molar-refractivity contribution in [3.05, 3.63) is 23.6 Å². The van der Waals surface area contributed by atoms with E-state index in [0.29, 0.717) is 10.6 Å². The van der Waals surface area contributed by atoms with E-state index in [1.54, 1.807) is 6.07 Å². The first-order valence-corrected chi connectivity index (χ1v) is 4.71.